The molecule has 0 radical (unpaired) electrons. The Morgan fingerprint density at radius 3 is 2.60 bits per heavy atom. The number of rotatable bonds is 11. The molecule has 282 valence electrons. The van der Waals surface area contributed by atoms with Crippen LogP contribution in [0.25, 0.3) is 33.5 Å². The van der Waals surface area contributed by atoms with Crippen molar-refractivity contribution in [3.8, 4) is 28.4 Å². The Morgan fingerprint density at radius 1 is 1.15 bits per heavy atom. The highest BCUT2D eigenvalue weighted by Crippen LogP contribution is 2.39. The molecule has 2 atom stereocenters. The normalized spacial score (nSPS) is 18.2. The van der Waals surface area contributed by atoms with Crippen molar-refractivity contribution in [1.29, 1.82) is 0 Å². The largest absolute Gasteiger partial charge is 0.494 e. The predicted molar refractivity (Wildman–Crippen MR) is 202 cm³/mol. The van der Waals surface area contributed by atoms with E-state index >= 15 is 4.39 Å². The summed E-state index contributed by atoms with van der Waals surface area (Å²) < 4.78 is 42.8. The molecule has 1 amide bonds. The minimum absolute atomic E-state index is 0.206. The molecule has 1 saturated heterocycles. The molecule has 11 nitrogen and oxygen atoms in total. The van der Waals surface area contributed by atoms with Gasteiger partial charge >= 0.3 is 6.09 Å². The lowest BCUT2D eigenvalue weighted by molar-refractivity contribution is -0.0365. The molecule has 2 aliphatic heterocycles. The first-order valence-corrected chi connectivity index (χ1v) is 22.2. The Bertz CT molecular complexity index is 1910. The number of fused-ring (bicyclic) bond motifs is 2. The van der Waals surface area contributed by atoms with Gasteiger partial charge < -0.3 is 28.6 Å². The van der Waals surface area contributed by atoms with Crippen LogP contribution in [0.2, 0.25) is 25.7 Å². The van der Waals surface area contributed by atoms with E-state index in [2.05, 4.69) is 25.7 Å². The van der Waals surface area contributed by atoms with Gasteiger partial charge in [0.1, 0.15) is 18.0 Å². The van der Waals surface area contributed by atoms with E-state index < -0.39 is 31.6 Å². The summed E-state index contributed by atoms with van der Waals surface area (Å²) >= 11 is 0. The number of aromatic nitrogens is 4. The van der Waals surface area contributed by atoms with Gasteiger partial charge in [0.25, 0.3) is 0 Å². The maximum Gasteiger partial charge on any atom is 0.410 e. The van der Waals surface area contributed by atoms with Crippen molar-refractivity contribution < 1.29 is 33.2 Å². The van der Waals surface area contributed by atoms with Gasteiger partial charge in [0.05, 0.1) is 43.2 Å². The summed E-state index contributed by atoms with van der Waals surface area (Å²) in [6.45, 7) is 16.0. The van der Waals surface area contributed by atoms with Gasteiger partial charge in [-0.2, -0.15) is 5.10 Å². The zero-order valence-corrected chi connectivity index (χ0v) is 32.9. The summed E-state index contributed by atoms with van der Waals surface area (Å²) in [4.78, 5) is 20.2. The summed E-state index contributed by atoms with van der Waals surface area (Å²) in [6.07, 6.45) is 3.13. The number of nitrogens with zero attached hydrogens (tertiary/aromatic N) is 5. The molecule has 4 aromatic rings. The van der Waals surface area contributed by atoms with Crippen LogP contribution in [0, 0.1) is 5.82 Å². The van der Waals surface area contributed by atoms with Gasteiger partial charge in [-0.1, -0.05) is 32.6 Å². The van der Waals surface area contributed by atoms with Crippen LogP contribution in [0.1, 0.15) is 70.1 Å². The van der Waals surface area contributed by atoms with Gasteiger partial charge in [-0.25, -0.2) is 18.9 Å². The van der Waals surface area contributed by atoms with E-state index in [1.807, 2.05) is 49.1 Å². The molecule has 2 aliphatic rings. The quantitative estimate of drug-likeness (QED) is 0.122. The number of halogens is 1. The van der Waals surface area contributed by atoms with E-state index in [9.17, 15) is 9.90 Å². The van der Waals surface area contributed by atoms with Crippen molar-refractivity contribution in [2.24, 2.45) is 0 Å². The number of carbonyl (C=O) groups excluding carboxylic acids is 1. The summed E-state index contributed by atoms with van der Waals surface area (Å²) in [5.74, 6) is 0.432. The summed E-state index contributed by atoms with van der Waals surface area (Å²) in [7, 11) is 0.121. The summed E-state index contributed by atoms with van der Waals surface area (Å²) in [5, 5.41) is 16.5. The molecular formula is C39H54FN5O6Si. The number of imidazole rings is 1. The first-order chi connectivity index (χ1) is 24.7. The van der Waals surface area contributed by atoms with Crippen molar-refractivity contribution in [2.45, 2.75) is 117 Å². The number of hydrogen-bond donors (Lipinski definition) is 1. The molecule has 4 heterocycles. The molecule has 0 spiro atoms. The van der Waals surface area contributed by atoms with Crippen LogP contribution in [0.3, 0.4) is 0 Å². The first-order valence-electron chi connectivity index (χ1n) is 18.5. The lowest BCUT2D eigenvalue weighted by Crippen LogP contribution is -2.48. The van der Waals surface area contributed by atoms with Crippen molar-refractivity contribution in [3.63, 3.8) is 0 Å². The molecule has 6 rings (SSSR count). The highest BCUT2D eigenvalue weighted by Gasteiger charge is 2.37. The van der Waals surface area contributed by atoms with Gasteiger partial charge in [-0.15, -0.1) is 0 Å². The van der Waals surface area contributed by atoms with E-state index in [0.717, 1.165) is 64.3 Å². The topological polar surface area (TPSA) is 113 Å². The smallest absolute Gasteiger partial charge is 0.410 e. The Morgan fingerprint density at radius 2 is 1.94 bits per heavy atom. The van der Waals surface area contributed by atoms with Gasteiger partial charge in [-0.3, -0.25) is 4.90 Å². The Labute approximate surface area is 307 Å². The van der Waals surface area contributed by atoms with Crippen molar-refractivity contribution in [3.05, 3.63) is 53.1 Å². The average Bonchev–Trinajstić information content (AvgIpc) is 3.66. The van der Waals surface area contributed by atoms with Crippen molar-refractivity contribution in [1.82, 2.24) is 24.2 Å². The number of methoxy groups -OCH3 is 1. The second-order valence-electron chi connectivity index (χ2n) is 16.1. The number of benzene rings is 2. The van der Waals surface area contributed by atoms with E-state index in [4.69, 9.17) is 29.0 Å². The average molecular weight is 736 g/mol. The van der Waals surface area contributed by atoms with Crippen LogP contribution in [0.4, 0.5) is 9.18 Å². The van der Waals surface area contributed by atoms with Crippen molar-refractivity contribution >= 4 is 25.1 Å². The van der Waals surface area contributed by atoms with Crippen LogP contribution < -0.4 is 4.74 Å². The zero-order chi connectivity index (χ0) is 37.4. The van der Waals surface area contributed by atoms with Crippen LogP contribution in [0.15, 0.2) is 30.3 Å². The van der Waals surface area contributed by atoms with Crippen molar-refractivity contribution in [2.75, 3.05) is 26.9 Å². The lowest BCUT2D eigenvalue weighted by Gasteiger charge is -2.35. The molecule has 1 N–H and O–H groups in total. The molecule has 0 aliphatic carbocycles. The molecule has 52 heavy (non-hydrogen) atoms. The highest BCUT2D eigenvalue weighted by molar-refractivity contribution is 6.76. The van der Waals surface area contributed by atoms with Gasteiger partial charge in [0, 0.05) is 33.1 Å². The summed E-state index contributed by atoms with van der Waals surface area (Å²) in [5.41, 5.74) is 5.09. The fourth-order valence-corrected chi connectivity index (χ4v) is 7.73. The lowest BCUT2D eigenvalue weighted by atomic mass is 9.96. The molecule has 1 fully saturated rings. The standard InChI is InChI=1S/C39H54FN5O6Si/c1-9-25-19-34(48-5)30(40)21-29(25)26-13-14-28-32(18-26)45(35-12-10-11-15-50-35)42-36(28)37-41-31-20-27(23-46)43(38(47)51-39(2,3)4)22-33(31)44(37)24-49-16-17-52(6,7)8/h13-14,18-19,21,27,35,46H,9-12,15-17,20,22-24H2,1-8H3. The van der Waals surface area contributed by atoms with Gasteiger partial charge in [0.15, 0.2) is 23.6 Å². The monoisotopic (exact) mass is 735 g/mol. The minimum Gasteiger partial charge on any atom is -0.494 e. The Balaban J connectivity index is 1.49. The molecule has 0 saturated carbocycles. The van der Waals surface area contributed by atoms with E-state index in [1.165, 1.54) is 7.11 Å². The Kier molecular flexibility index (Phi) is 11.2. The zero-order valence-electron chi connectivity index (χ0n) is 31.9. The second kappa shape index (κ2) is 15.3. The molecular weight excluding hydrogens is 682 g/mol. The van der Waals surface area contributed by atoms with Gasteiger partial charge in [0.2, 0.25) is 0 Å². The number of aryl methyl sites for hydroxylation is 1. The van der Waals surface area contributed by atoms with E-state index in [-0.39, 0.29) is 31.9 Å². The molecule has 0 bridgehead atoms. The van der Waals surface area contributed by atoms with Crippen LogP contribution in [-0.2, 0) is 40.3 Å². The molecule has 2 unspecified atom stereocenters. The number of amides is 1. The number of carbonyl (C=O) groups is 1. The predicted octanol–water partition coefficient (Wildman–Crippen LogP) is 7.94. The van der Waals surface area contributed by atoms with E-state index in [0.29, 0.717) is 37.6 Å². The molecule has 2 aromatic heterocycles. The first kappa shape index (κ1) is 38.0. The highest BCUT2D eigenvalue weighted by atomic mass is 28.3. The fraction of sp³-hybridized carbons (Fsp3) is 0.564. The van der Waals surface area contributed by atoms with Gasteiger partial charge in [-0.05, 0) is 93.5 Å². The number of ether oxygens (including phenoxy) is 4. The van der Waals surface area contributed by atoms with Crippen LogP contribution >= 0.6 is 0 Å². The third-order valence-corrected chi connectivity index (χ3v) is 11.5. The van der Waals surface area contributed by atoms with E-state index in [1.54, 1.807) is 17.0 Å². The maximum absolute atomic E-state index is 15.1. The number of aliphatic hydroxyl groups excluding tert-OH is 1. The second-order valence-corrected chi connectivity index (χ2v) is 21.7. The third kappa shape index (κ3) is 8.07. The third-order valence-electron chi connectivity index (χ3n) is 9.82. The maximum atomic E-state index is 15.1. The Hall–Kier alpha value is -3.78. The number of hydrogen-bond acceptors (Lipinski definition) is 8. The van der Waals surface area contributed by atoms with Crippen LogP contribution in [0.5, 0.6) is 5.75 Å². The molecule has 2 aromatic carbocycles. The molecule has 13 heteroatoms. The summed E-state index contributed by atoms with van der Waals surface area (Å²) in [6, 6.07) is 9.92. The number of aliphatic hydroxyl groups is 1. The van der Waals surface area contributed by atoms with Crippen LogP contribution in [-0.4, -0.2) is 82.1 Å². The fourth-order valence-electron chi connectivity index (χ4n) is 6.97. The minimum atomic E-state index is -1.36. The SMILES string of the molecule is CCc1cc(OC)c(F)cc1-c1ccc2c(-c3nc4c(n3COCC[Si](C)(C)C)CN(C(=O)OC(C)(C)C)C(CO)C4)nn(C3CCCCO3)c2c1.